The number of hydrogen-bond acceptors (Lipinski definition) is 7. The minimum Gasteiger partial charge on any atom is -0.497 e. The monoisotopic (exact) mass is 302 g/mol. The molecule has 0 atom stereocenters. The van der Waals surface area contributed by atoms with E-state index in [9.17, 15) is 20.2 Å². The summed E-state index contributed by atoms with van der Waals surface area (Å²) in [5, 5.41) is 29.2. The quantitative estimate of drug-likeness (QED) is 0.470. The molecule has 2 aromatic carbocycles. The van der Waals surface area contributed by atoms with Gasteiger partial charge in [0.2, 0.25) is 0 Å². The molecule has 2 rings (SSSR count). The molecule has 0 saturated heterocycles. The Balaban J connectivity index is 2.33. The molecule has 0 aliphatic carbocycles. The lowest BCUT2D eigenvalue weighted by Crippen LogP contribution is -1.92. The van der Waals surface area contributed by atoms with Crippen LogP contribution in [-0.4, -0.2) is 17.0 Å². The minimum atomic E-state index is -0.741. The van der Waals surface area contributed by atoms with E-state index in [4.69, 9.17) is 4.74 Å². The Bertz CT molecular complexity index is 743. The second kappa shape index (κ2) is 6.39. The lowest BCUT2D eigenvalue weighted by atomic mass is 10.2. The van der Waals surface area contributed by atoms with Crippen molar-refractivity contribution in [3.63, 3.8) is 0 Å². The van der Waals surface area contributed by atoms with Crippen molar-refractivity contribution in [1.82, 2.24) is 0 Å². The Hall–Kier alpha value is -3.36. The van der Waals surface area contributed by atoms with Gasteiger partial charge >= 0.3 is 5.69 Å². The average molecular weight is 302 g/mol. The highest BCUT2D eigenvalue weighted by atomic mass is 16.6. The first-order chi connectivity index (χ1) is 10.5. The van der Waals surface area contributed by atoms with Crippen LogP contribution in [0, 0.1) is 20.2 Å². The molecule has 0 N–H and O–H groups in total. The molecule has 0 unspecified atom stereocenters. The number of hydrogen-bond donors (Lipinski definition) is 0. The zero-order chi connectivity index (χ0) is 16.1. The van der Waals surface area contributed by atoms with Crippen LogP contribution in [0.4, 0.5) is 22.7 Å². The minimum absolute atomic E-state index is 0.0635. The van der Waals surface area contributed by atoms with E-state index < -0.39 is 15.5 Å². The van der Waals surface area contributed by atoms with E-state index in [1.54, 1.807) is 24.3 Å². The molecule has 22 heavy (non-hydrogen) atoms. The van der Waals surface area contributed by atoms with Crippen molar-refractivity contribution >= 4 is 22.7 Å². The summed E-state index contributed by atoms with van der Waals surface area (Å²) >= 11 is 0. The third kappa shape index (κ3) is 3.39. The van der Waals surface area contributed by atoms with Crippen LogP contribution in [0.15, 0.2) is 52.7 Å². The molecule has 0 spiro atoms. The van der Waals surface area contributed by atoms with Crippen molar-refractivity contribution < 1.29 is 14.6 Å². The maximum atomic E-state index is 11.0. The van der Waals surface area contributed by atoms with Crippen LogP contribution >= 0.6 is 0 Å². The normalized spacial score (nSPS) is 10.6. The molecule has 0 amide bonds. The number of rotatable bonds is 5. The predicted octanol–water partition coefficient (Wildman–Crippen LogP) is 3.93. The summed E-state index contributed by atoms with van der Waals surface area (Å²) in [7, 11) is 1.52. The molecule has 0 aliphatic rings. The zero-order valence-corrected chi connectivity index (χ0v) is 11.4. The second-order valence-electron chi connectivity index (χ2n) is 4.09. The van der Waals surface area contributed by atoms with E-state index in [-0.39, 0.29) is 11.4 Å². The summed E-state index contributed by atoms with van der Waals surface area (Å²) in [5.74, 6) is 0.639. The number of methoxy groups -OCH3 is 1. The van der Waals surface area contributed by atoms with Gasteiger partial charge in [0.1, 0.15) is 5.75 Å². The molecule has 0 aromatic heterocycles. The molecule has 0 heterocycles. The number of benzene rings is 2. The molecular formula is C13H10N4O5. The number of ether oxygens (including phenoxy) is 1. The van der Waals surface area contributed by atoms with Gasteiger partial charge in [-0.25, -0.2) is 0 Å². The number of azo groups is 1. The van der Waals surface area contributed by atoms with Crippen molar-refractivity contribution in [1.29, 1.82) is 0 Å². The third-order valence-corrected chi connectivity index (χ3v) is 2.71. The van der Waals surface area contributed by atoms with Crippen molar-refractivity contribution in [2.45, 2.75) is 0 Å². The third-order valence-electron chi connectivity index (χ3n) is 2.71. The lowest BCUT2D eigenvalue weighted by molar-refractivity contribution is -0.393. The van der Waals surface area contributed by atoms with E-state index in [0.717, 1.165) is 12.1 Å². The molecule has 0 fully saturated rings. The standard InChI is InChI=1S/C13H10N4O5/c1-22-11-5-2-9(3-6-11)14-15-12-7-4-10(16(18)19)8-13(12)17(20)21/h2-8H,1H3. The summed E-state index contributed by atoms with van der Waals surface area (Å²) in [6.45, 7) is 0. The van der Waals surface area contributed by atoms with Crippen molar-refractivity contribution in [3.05, 3.63) is 62.7 Å². The molecule has 0 aliphatic heterocycles. The molecule has 0 radical (unpaired) electrons. The summed E-state index contributed by atoms with van der Waals surface area (Å²) in [4.78, 5) is 20.1. The number of non-ortho nitro benzene ring substituents is 1. The van der Waals surface area contributed by atoms with Crippen molar-refractivity contribution in [3.8, 4) is 5.75 Å². The number of nitrogens with zero attached hydrogens (tertiary/aromatic N) is 4. The molecule has 9 heteroatoms. The average Bonchev–Trinajstić information content (AvgIpc) is 2.53. The number of nitro benzene ring substituents is 2. The summed E-state index contributed by atoms with van der Waals surface area (Å²) < 4.78 is 4.99. The van der Waals surface area contributed by atoms with Crippen LogP contribution in [0.25, 0.3) is 0 Å². The Labute approximate surface area is 124 Å². The van der Waals surface area contributed by atoms with Crippen LogP contribution < -0.4 is 4.74 Å². The largest absolute Gasteiger partial charge is 0.497 e. The SMILES string of the molecule is COc1ccc(N=Nc2ccc([N+](=O)[O-])cc2[N+](=O)[O-])cc1. The maximum absolute atomic E-state index is 11.0. The Morgan fingerprint density at radius 2 is 1.64 bits per heavy atom. The van der Waals surface area contributed by atoms with Gasteiger partial charge in [0.25, 0.3) is 5.69 Å². The fourth-order valence-electron chi connectivity index (χ4n) is 1.62. The van der Waals surface area contributed by atoms with Gasteiger partial charge < -0.3 is 4.74 Å². The van der Waals surface area contributed by atoms with Crippen LogP contribution in [-0.2, 0) is 0 Å². The highest BCUT2D eigenvalue weighted by molar-refractivity contribution is 5.61. The van der Waals surface area contributed by atoms with E-state index in [2.05, 4.69) is 10.2 Å². The van der Waals surface area contributed by atoms with Gasteiger partial charge in [0.15, 0.2) is 5.69 Å². The summed E-state index contributed by atoms with van der Waals surface area (Å²) in [6, 6.07) is 9.75. The van der Waals surface area contributed by atoms with Crippen LogP contribution in [0.3, 0.4) is 0 Å². The van der Waals surface area contributed by atoms with Crippen LogP contribution in [0.2, 0.25) is 0 Å². The predicted molar refractivity (Wildman–Crippen MR) is 76.9 cm³/mol. The van der Waals surface area contributed by atoms with E-state index in [0.29, 0.717) is 11.4 Å². The molecule has 0 saturated carbocycles. The van der Waals surface area contributed by atoms with Gasteiger partial charge in [-0.05, 0) is 30.3 Å². The first kappa shape index (κ1) is 15.0. The highest BCUT2D eigenvalue weighted by Gasteiger charge is 2.19. The van der Waals surface area contributed by atoms with Crippen molar-refractivity contribution in [2.24, 2.45) is 10.2 Å². The van der Waals surface area contributed by atoms with Gasteiger partial charge in [0, 0.05) is 6.07 Å². The van der Waals surface area contributed by atoms with E-state index in [1.807, 2.05) is 0 Å². The first-order valence-electron chi connectivity index (χ1n) is 6.00. The zero-order valence-electron chi connectivity index (χ0n) is 11.4. The first-order valence-corrected chi connectivity index (χ1v) is 6.00. The summed E-state index contributed by atoms with van der Waals surface area (Å²) in [6.07, 6.45) is 0. The maximum Gasteiger partial charge on any atom is 0.303 e. The Morgan fingerprint density at radius 1 is 0.955 bits per heavy atom. The summed E-state index contributed by atoms with van der Waals surface area (Å²) in [5.41, 5.74) is -0.457. The fourth-order valence-corrected chi connectivity index (χ4v) is 1.62. The van der Waals surface area contributed by atoms with Crippen LogP contribution in [0.1, 0.15) is 0 Å². The topological polar surface area (TPSA) is 120 Å². The lowest BCUT2D eigenvalue weighted by Gasteiger charge is -1.99. The smallest absolute Gasteiger partial charge is 0.303 e. The van der Waals surface area contributed by atoms with Crippen LogP contribution in [0.5, 0.6) is 5.75 Å². The fraction of sp³-hybridized carbons (Fsp3) is 0.0769. The van der Waals surface area contributed by atoms with Gasteiger partial charge in [-0.2, -0.15) is 5.11 Å². The molecular weight excluding hydrogens is 292 g/mol. The van der Waals surface area contributed by atoms with E-state index in [1.165, 1.54) is 13.2 Å². The number of nitro groups is 2. The van der Waals surface area contributed by atoms with Gasteiger partial charge in [0.05, 0.1) is 28.7 Å². The van der Waals surface area contributed by atoms with Crippen molar-refractivity contribution in [2.75, 3.05) is 7.11 Å². The Morgan fingerprint density at radius 3 is 2.18 bits per heavy atom. The molecule has 9 nitrogen and oxygen atoms in total. The second-order valence-corrected chi connectivity index (χ2v) is 4.09. The van der Waals surface area contributed by atoms with E-state index >= 15 is 0 Å². The Kier molecular flexibility index (Phi) is 4.37. The highest BCUT2D eigenvalue weighted by Crippen LogP contribution is 2.32. The van der Waals surface area contributed by atoms with Gasteiger partial charge in [-0.15, -0.1) is 5.11 Å². The molecule has 0 bridgehead atoms. The molecule has 2 aromatic rings. The van der Waals surface area contributed by atoms with Gasteiger partial charge in [-0.3, -0.25) is 20.2 Å². The molecule has 112 valence electrons. The van der Waals surface area contributed by atoms with Gasteiger partial charge in [-0.1, -0.05) is 0 Å².